The summed E-state index contributed by atoms with van der Waals surface area (Å²) in [7, 11) is 0. The lowest BCUT2D eigenvalue weighted by Crippen LogP contribution is -2.27. The second-order valence-corrected chi connectivity index (χ2v) is 5.91. The van der Waals surface area contributed by atoms with Crippen LogP contribution in [-0.2, 0) is 6.42 Å². The Hall–Kier alpha value is -1.97. The summed E-state index contributed by atoms with van der Waals surface area (Å²) >= 11 is 0. The van der Waals surface area contributed by atoms with E-state index < -0.39 is 0 Å². The van der Waals surface area contributed by atoms with Crippen LogP contribution in [0.25, 0.3) is 0 Å². The van der Waals surface area contributed by atoms with Crippen molar-refractivity contribution >= 4 is 17.2 Å². The van der Waals surface area contributed by atoms with Crippen molar-refractivity contribution in [1.29, 1.82) is 0 Å². The first kappa shape index (κ1) is 13.0. The SMILES string of the molecule is Cc1nn(C(C)C)c(N2c3ccccc3CC2C)c1N. The summed E-state index contributed by atoms with van der Waals surface area (Å²) in [5, 5.41) is 4.61. The van der Waals surface area contributed by atoms with Crippen LogP contribution in [0, 0.1) is 6.92 Å². The number of rotatable bonds is 2. The predicted octanol–water partition coefficient (Wildman–Crippen LogP) is 3.44. The Bertz CT molecular complexity index is 642. The highest BCUT2D eigenvalue weighted by Crippen LogP contribution is 2.42. The molecule has 1 aliphatic rings. The minimum absolute atomic E-state index is 0.293. The summed E-state index contributed by atoms with van der Waals surface area (Å²) in [5.74, 6) is 1.04. The van der Waals surface area contributed by atoms with Crippen LogP contribution in [0.15, 0.2) is 24.3 Å². The zero-order chi connectivity index (χ0) is 14.4. The highest BCUT2D eigenvalue weighted by atomic mass is 15.4. The van der Waals surface area contributed by atoms with Gasteiger partial charge in [0.2, 0.25) is 0 Å². The van der Waals surface area contributed by atoms with Gasteiger partial charge in [0.25, 0.3) is 0 Å². The summed E-state index contributed by atoms with van der Waals surface area (Å²) in [5.41, 5.74) is 10.7. The molecule has 106 valence electrons. The lowest BCUT2D eigenvalue weighted by molar-refractivity contribution is 0.524. The van der Waals surface area contributed by atoms with Gasteiger partial charge in [-0.3, -0.25) is 0 Å². The van der Waals surface area contributed by atoms with Gasteiger partial charge in [0.15, 0.2) is 5.82 Å². The van der Waals surface area contributed by atoms with Crippen molar-refractivity contribution in [2.45, 2.75) is 46.2 Å². The van der Waals surface area contributed by atoms with Crippen molar-refractivity contribution in [2.75, 3.05) is 10.6 Å². The van der Waals surface area contributed by atoms with Crippen molar-refractivity contribution in [1.82, 2.24) is 9.78 Å². The third-order valence-corrected chi connectivity index (χ3v) is 4.03. The minimum Gasteiger partial charge on any atom is -0.394 e. The molecule has 20 heavy (non-hydrogen) atoms. The highest BCUT2D eigenvalue weighted by Gasteiger charge is 2.32. The summed E-state index contributed by atoms with van der Waals surface area (Å²) in [4.78, 5) is 2.34. The van der Waals surface area contributed by atoms with E-state index in [0.29, 0.717) is 12.1 Å². The first-order chi connectivity index (χ1) is 9.50. The summed E-state index contributed by atoms with van der Waals surface area (Å²) in [6.07, 6.45) is 1.05. The largest absolute Gasteiger partial charge is 0.394 e. The average molecular weight is 270 g/mol. The van der Waals surface area contributed by atoms with Gasteiger partial charge in [0.05, 0.1) is 11.4 Å². The molecule has 2 N–H and O–H groups in total. The Morgan fingerprint density at radius 2 is 2.00 bits per heavy atom. The van der Waals surface area contributed by atoms with E-state index in [1.54, 1.807) is 0 Å². The van der Waals surface area contributed by atoms with E-state index in [-0.39, 0.29) is 0 Å². The fraction of sp³-hybridized carbons (Fsp3) is 0.438. The molecule has 0 fully saturated rings. The molecule has 2 heterocycles. The number of aromatic nitrogens is 2. The third-order valence-electron chi connectivity index (χ3n) is 4.03. The second-order valence-electron chi connectivity index (χ2n) is 5.91. The van der Waals surface area contributed by atoms with Crippen LogP contribution < -0.4 is 10.6 Å². The molecule has 1 atom stereocenters. The Kier molecular flexibility index (Phi) is 2.96. The normalized spacial score (nSPS) is 17.9. The van der Waals surface area contributed by atoms with Crippen LogP contribution in [0.1, 0.15) is 38.1 Å². The van der Waals surface area contributed by atoms with Crippen LogP contribution in [-0.4, -0.2) is 15.8 Å². The molecular weight excluding hydrogens is 248 g/mol. The van der Waals surface area contributed by atoms with Crippen molar-refractivity contribution in [2.24, 2.45) is 0 Å². The Morgan fingerprint density at radius 3 is 2.70 bits per heavy atom. The van der Waals surface area contributed by atoms with Gasteiger partial charge < -0.3 is 10.6 Å². The lowest BCUT2D eigenvalue weighted by atomic mass is 10.1. The number of aryl methyl sites for hydroxylation is 1. The van der Waals surface area contributed by atoms with Crippen LogP contribution in [0.4, 0.5) is 17.2 Å². The number of para-hydroxylation sites is 1. The fourth-order valence-corrected chi connectivity index (χ4v) is 3.04. The minimum atomic E-state index is 0.293. The molecule has 0 amide bonds. The van der Waals surface area contributed by atoms with Crippen molar-refractivity contribution < 1.29 is 0 Å². The summed E-state index contributed by atoms with van der Waals surface area (Å²) in [6.45, 7) is 8.50. The van der Waals surface area contributed by atoms with Crippen LogP contribution >= 0.6 is 0 Å². The Labute approximate surface area is 120 Å². The molecule has 3 rings (SSSR count). The molecule has 0 spiro atoms. The van der Waals surface area contributed by atoms with E-state index in [0.717, 1.165) is 23.6 Å². The van der Waals surface area contributed by atoms with E-state index in [9.17, 15) is 0 Å². The van der Waals surface area contributed by atoms with E-state index >= 15 is 0 Å². The molecule has 0 radical (unpaired) electrons. The number of nitrogens with zero attached hydrogens (tertiary/aromatic N) is 3. The van der Waals surface area contributed by atoms with Gasteiger partial charge in [0, 0.05) is 17.8 Å². The quantitative estimate of drug-likeness (QED) is 0.909. The maximum absolute atomic E-state index is 6.32. The number of benzene rings is 1. The van der Waals surface area contributed by atoms with Crippen molar-refractivity contribution in [3.05, 3.63) is 35.5 Å². The fourth-order valence-electron chi connectivity index (χ4n) is 3.04. The molecule has 0 saturated carbocycles. The summed E-state index contributed by atoms with van der Waals surface area (Å²) in [6, 6.07) is 9.26. The van der Waals surface area contributed by atoms with E-state index in [1.807, 2.05) is 11.6 Å². The zero-order valence-electron chi connectivity index (χ0n) is 12.6. The number of nitrogen functional groups attached to an aromatic ring is 1. The highest BCUT2D eigenvalue weighted by molar-refractivity contribution is 5.78. The molecule has 1 aromatic carbocycles. The van der Waals surface area contributed by atoms with E-state index in [4.69, 9.17) is 5.73 Å². The second kappa shape index (κ2) is 4.54. The number of anilines is 3. The van der Waals surface area contributed by atoms with Crippen LogP contribution in [0.2, 0.25) is 0 Å². The third kappa shape index (κ3) is 1.79. The molecule has 0 bridgehead atoms. The monoisotopic (exact) mass is 270 g/mol. The molecule has 0 saturated heterocycles. The van der Waals surface area contributed by atoms with Crippen LogP contribution in [0.5, 0.6) is 0 Å². The van der Waals surface area contributed by atoms with Gasteiger partial charge in [-0.1, -0.05) is 18.2 Å². The first-order valence-corrected chi connectivity index (χ1v) is 7.22. The standard InChI is InChI=1S/C16H22N4/c1-10(2)20-16(15(17)12(4)18-20)19-11(3)9-13-7-5-6-8-14(13)19/h5-8,10-11H,9,17H2,1-4H3. The lowest BCUT2D eigenvalue weighted by Gasteiger charge is -2.27. The summed E-state index contributed by atoms with van der Waals surface area (Å²) < 4.78 is 2.04. The number of fused-ring (bicyclic) bond motifs is 1. The van der Waals surface area contributed by atoms with E-state index in [2.05, 4.69) is 55.0 Å². The molecular formula is C16H22N4. The molecule has 4 nitrogen and oxygen atoms in total. The van der Waals surface area contributed by atoms with Crippen molar-refractivity contribution in [3.63, 3.8) is 0 Å². The smallest absolute Gasteiger partial charge is 0.155 e. The van der Waals surface area contributed by atoms with Crippen molar-refractivity contribution in [3.8, 4) is 0 Å². The van der Waals surface area contributed by atoms with Gasteiger partial charge in [0.1, 0.15) is 0 Å². The maximum atomic E-state index is 6.32. The molecule has 1 aromatic heterocycles. The van der Waals surface area contributed by atoms with Gasteiger partial charge in [-0.2, -0.15) is 5.10 Å². The molecule has 4 heteroatoms. The molecule has 2 aromatic rings. The molecule has 1 unspecified atom stereocenters. The van der Waals surface area contributed by atoms with Gasteiger partial charge in [-0.05, 0) is 45.7 Å². The Balaban J connectivity index is 2.19. The van der Waals surface area contributed by atoms with Gasteiger partial charge >= 0.3 is 0 Å². The molecule has 1 aliphatic heterocycles. The first-order valence-electron chi connectivity index (χ1n) is 7.22. The maximum Gasteiger partial charge on any atom is 0.155 e. The zero-order valence-corrected chi connectivity index (χ0v) is 12.6. The predicted molar refractivity (Wildman–Crippen MR) is 83.5 cm³/mol. The van der Waals surface area contributed by atoms with Gasteiger partial charge in [-0.25, -0.2) is 4.68 Å². The average Bonchev–Trinajstić information content (AvgIpc) is 2.87. The number of hydrogen-bond donors (Lipinski definition) is 1. The molecule has 0 aliphatic carbocycles. The van der Waals surface area contributed by atoms with Crippen LogP contribution in [0.3, 0.4) is 0 Å². The Morgan fingerprint density at radius 1 is 1.30 bits per heavy atom. The number of hydrogen-bond acceptors (Lipinski definition) is 3. The topological polar surface area (TPSA) is 47.1 Å². The van der Waals surface area contributed by atoms with Gasteiger partial charge in [-0.15, -0.1) is 0 Å². The number of nitrogens with two attached hydrogens (primary N) is 1. The van der Waals surface area contributed by atoms with E-state index in [1.165, 1.54) is 11.3 Å².